The molecule has 5 nitrogen and oxygen atoms in total. The number of phenolic OH excluding ortho intramolecular Hbond substituents is 1. The Labute approximate surface area is 145 Å². The number of amides is 1. The number of hydrogen-bond acceptors (Lipinski definition) is 4. The number of nitrogens with zero attached hydrogens (tertiary/aromatic N) is 1. The molecule has 1 atom stereocenters. The van der Waals surface area contributed by atoms with Crippen LogP contribution in [-0.4, -0.2) is 42.2 Å². The minimum atomic E-state index is -0.0857. The quantitative estimate of drug-likeness (QED) is 0.835. The van der Waals surface area contributed by atoms with Crippen molar-refractivity contribution in [1.82, 2.24) is 4.90 Å². The lowest BCUT2D eigenvalue weighted by Gasteiger charge is -2.32. The first kappa shape index (κ1) is 16.8. The Morgan fingerprint density at radius 3 is 2.62 bits per heavy atom. The normalized spacial score (nSPS) is 18.3. The van der Waals surface area contributed by atoms with Crippen molar-refractivity contribution in [2.45, 2.75) is 6.10 Å². The number of rotatable bonds is 4. The van der Waals surface area contributed by atoms with E-state index in [1.54, 1.807) is 24.3 Å². The fourth-order valence-corrected chi connectivity index (χ4v) is 2.80. The van der Waals surface area contributed by atoms with Crippen LogP contribution in [0.2, 0.25) is 5.02 Å². The number of phenols is 1. The highest BCUT2D eigenvalue weighted by Crippen LogP contribution is 2.23. The zero-order chi connectivity index (χ0) is 16.9. The topological polar surface area (TPSA) is 61.8 Å². The number of morpholine rings is 1. The second kappa shape index (κ2) is 7.66. The van der Waals surface area contributed by atoms with E-state index in [1.807, 2.05) is 24.3 Å². The molecule has 0 unspecified atom stereocenters. The molecule has 2 aromatic carbocycles. The zero-order valence-corrected chi connectivity index (χ0v) is 13.9. The molecular weight excluding hydrogens is 328 g/mol. The van der Waals surface area contributed by atoms with Crippen molar-refractivity contribution >= 4 is 23.2 Å². The van der Waals surface area contributed by atoms with E-state index in [2.05, 4.69) is 10.2 Å². The fraction of sp³-hybridized carbons (Fsp3) is 0.278. The molecule has 1 aliphatic rings. The summed E-state index contributed by atoms with van der Waals surface area (Å²) < 4.78 is 5.80. The average molecular weight is 347 g/mol. The van der Waals surface area contributed by atoms with Gasteiger partial charge in [-0.25, -0.2) is 0 Å². The molecule has 1 heterocycles. The molecule has 6 heteroatoms. The molecule has 1 aliphatic heterocycles. The van der Waals surface area contributed by atoms with Gasteiger partial charge in [0.25, 0.3) is 0 Å². The summed E-state index contributed by atoms with van der Waals surface area (Å²) in [5.41, 5.74) is 1.73. The van der Waals surface area contributed by atoms with Crippen molar-refractivity contribution in [3.8, 4) is 5.75 Å². The van der Waals surface area contributed by atoms with Crippen LogP contribution in [0.15, 0.2) is 48.5 Å². The van der Waals surface area contributed by atoms with Gasteiger partial charge in [-0.15, -0.1) is 0 Å². The molecule has 0 aromatic heterocycles. The van der Waals surface area contributed by atoms with Gasteiger partial charge in [0.15, 0.2) is 0 Å². The van der Waals surface area contributed by atoms with Gasteiger partial charge in [-0.3, -0.25) is 9.69 Å². The maximum atomic E-state index is 12.2. The molecule has 1 amide bonds. The predicted molar refractivity (Wildman–Crippen MR) is 93.3 cm³/mol. The Kier molecular flexibility index (Phi) is 5.35. The summed E-state index contributed by atoms with van der Waals surface area (Å²) in [6.07, 6.45) is -0.0579. The minimum Gasteiger partial charge on any atom is -0.508 e. The summed E-state index contributed by atoms with van der Waals surface area (Å²) in [7, 11) is 0. The average Bonchev–Trinajstić information content (AvgIpc) is 2.58. The van der Waals surface area contributed by atoms with E-state index in [0.29, 0.717) is 37.0 Å². The van der Waals surface area contributed by atoms with Gasteiger partial charge in [-0.1, -0.05) is 23.7 Å². The second-order valence-electron chi connectivity index (χ2n) is 5.74. The van der Waals surface area contributed by atoms with Crippen LogP contribution < -0.4 is 5.32 Å². The fourth-order valence-electron chi connectivity index (χ4n) is 2.67. The number of carbonyl (C=O) groups is 1. The van der Waals surface area contributed by atoms with Crippen LogP contribution in [0.25, 0.3) is 0 Å². The number of carbonyl (C=O) groups excluding carboxylic acids is 1. The molecule has 2 N–H and O–H groups in total. The van der Waals surface area contributed by atoms with Crippen LogP contribution in [-0.2, 0) is 9.53 Å². The van der Waals surface area contributed by atoms with Crippen LogP contribution >= 0.6 is 11.6 Å². The molecule has 0 aliphatic carbocycles. The maximum Gasteiger partial charge on any atom is 0.238 e. The van der Waals surface area contributed by atoms with Crippen molar-refractivity contribution in [1.29, 1.82) is 0 Å². The third-order valence-corrected chi connectivity index (χ3v) is 4.16. The van der Waals surface area contributed by atoms with Gasteiger partial charge < -0.3 is 15.2 Å². The Morgan fingerprint density at radius 2 is 1.92 bits per heavy atom. The third kappa shape index (κ3) is 4.47. The number of benzene rings is 2. The Morgan fingerprint density at radius 1 is 1.21 bits per heavy atom. The summed E-state index contributed by atoms with van der Waals surface area (Å²) in [5, 5.41) is 12.8. The molecule has 1 fully saturated rings. The van der Waals surface area contributed by atoms with Gasteiger partial charge in [0.05, 0.1) is 19.3 Å². The van der Waals surface area contributed by atoms with E-state index >= 15 is 0 Å². The largest absolute Gasteiger partial charge is 0.508 e. The zero-order valence-electron chi connectivity index (χ0n) is 13.1. The lowest BCUT2D eigenvalue weighted by molar-refractivity contribution is -0.119. The van der Waals surface area contributed by atoms with Gasteiger partial charge in [0.1, 0.15) is 5.75 Å². The molecule has 126 valence electrons. The molecule has 0 bridgehead atoms. The minimum absolute atomic E-state index is 0.0579. The van der Waals surface area contributed by atoms with Crippen LogP contribution in [0, 0.1) is 0 Å². The van der Waals surface area contributed by atoms with Crippen LogP contribution in [0.1, 0.15) is 11.7 Å². The van der Waals surface area contributed by atoms with E-state index in [9.17, 15) is 9.90 Å². The first-order valence-electron chi connectivity index (χ1n) is 7.78. The molecule has 0 radical (unpaired) electrons. The SMILES string of the molecule is O=C(CN1CCO[C@@H](c2ccc(Cl)cc2)C1)Nc1ccc(O)cc1. The van der Waals surface area contributed by atoms with Gasteiger partial charge in [0.2, 0.25) is 5.91 Å². The molecule has 0 spiro atoms. The summed E-state index contributed by atoms with van der Waals surface area (Å²) in [4.78, 5) is 14.2. The number of ether oxygens (including phenoxy) is 1. The van der Waals surface area contributed by atoms with E-state index < -0.39 is 0 Å². The van der Waals surface area contributed by atoms with E-state index in [4.69, 9.17) is 16.3 Å². The smallest absolute Gasteiger partial charge is 0.238 e. The standard InChI is InChI=1S/C18H19ClN2O3/c19-14-3-1-13(2-4-14)17-11-21(9-10-24-17)12-18(23)20-15-5-7-16(22)8-6-15/h1-8,17,22H,9-12H2,(H,20,23)/t17-/m1/s1. The Hall–Kier alpha value is -2.08. The number of nitrogens with one attached hydrogen (secondary N) is 1. The number of aromatic hydroxyl groups is 1. The molecule has 1 saturated heterocycles. The van der Waals surface area contributed by atoms with Gasteiger partial charge in [-0.2, -0.15) is 0 Å². The highest BCUT2D eigenvalue weighted by molar-refractivity contribution is 6.30. The second-order valence-corrected chi connectivity index (χ2v) is 6.18. The van der Waals surface area contributed by atoms with Crippen molar-refractivity contribution in [3.05, 3.63) is 59.1 Å². The molecular formula is C18H19ClN2O3. The van der Waals surface area contributed by atoms with Crippen LogP contribution in [0.4, 0.5) is 5.69 Å². The van der Waals surface area contributed by atoms with Crippen molar-refractivity contribution in [2.24, 2.45) is 0 Å². The molecule has 24 heavy (non-hydrogen) atoms. The highest BCUT2D eigenvalue weighted by atomic mass is 35.5. The van der Waals surface area contributed by atoms with E-state index in [0.717, 1.165) is 5.56 Å². The van der Waals surface area contributed by atoms with E-state index in [-0.39, 0.29) is 17.8 Å². The van der Waals surface area contributed by atoms with Crippen LogP contribution in [0.5, 0.6) is 5.75 Å². The summed E-state index contributed by atoms with van der Waals surface area (Å²) in [5.74, 6) is 0.0874. The lowest BCUT2D eigenvalue weighted by atomic mass is 10.1. The summed E-state index contributed by atoms with van der Waals surface area (Å²) in [6, 6.07) is 14.0. The predicted octanol–water partition coefficient (Wildman–Crippen LogP) is 3.06. The van der Waals surface area contributed by atoms with Crippen molar-refractivity contribution in [2.75, 3.05) is 31.6 Å². The van der Waals surface area contributed by atoms with E-state index in [1.165, 1.54) is 0 Å². The Bertz CT molecular complexity index is 688. The van der Waals surface area contributed by atoms with Crippen LogP contribution in [0.3, 0.4) is 0 Å². The van der Waals surface area contributed by atoms with Gasteiger partial charge in [0, 0.05) is 23.8 Å². The first-order chi connectivity index (χ1) is 11.6. The number of halogens is 1. The Balaban J connectivity index is 1.55. The summed E-state index contributed by atoms with van der Waals surface area (Å²) in [6.45, 7) is 2.26. The summed E-state index contributed by atoms with van der Waals surface area (Å²) >= 11 is 5.92. The number of hydrogen-bond donors (Lipinski definition) is 2. The third-order valence-electron chi connectivity index (χ3n) is 3.91. The first-order valence-corrected chi connectivity index (χ1v) is 8.16. The van der Waals surface area contributed by atoms with Gasteiger partial charge in [-0.05, 0) is 42.0 Å². The lowest BCUT2D eigenvalue weighted by Crippen LogP contribution is -2.42. The molecule has 3 rings (SSSR count). The van der Waals surface area contributed by atoms with Crippen molar-refractivity contribution < 1.29 is 14.6 Å². The molecule has 0 saturated carbocycles. The monoisotopic (exact) mass is 346 g/mol. The highest BCUT2D eigenvalue weighted by Gasteiger charge is 2.23. The van der Waals surface area contributed by atoms with Crippen molar-refractivity contribution in [3.63, 3.8) is 0 Å². The molecule has 2 aromatic rings. The maximum absolute atomic E-state index is 12.2. The number of anilines is 1. The van der Waals surface area contributed by atoms with Gasteiger partial charge >= 0.3 is 0 Å².